The van der Waals surface area contributed by atoms with Crippen molar-refractivity contribution in [2.45, 2.75) is 52.0 Å². The van der Waals surface area contributed by atoms with Crippen LogP contribution in [0.25, 0.3) is 0 Å². The largest absolute Gasteiger partial charge is 0.367 e. The van der Waals surface area contributed by atoms with Gasteiger partial charge in [0.05, 0.1) is 10.7 Å². The van der Waals surface area contributed by atoms with Gasteiger partial charge in [-0.25, -0.2) is 0 Å². The van der Waals surface area contributed by atoms with Crippen molar-refractivity contribution in [3.8, 4) is 0 Å². The van der Waals surface area contributed by atoms with Crippen LogP contribution in [0.2, 0.25) is 5.02 Å². The first-order chi connectivity index (χ1) is 9.63. The molecule has 1 fully saturated rings. The van der Waals surface area contributed by atoms with E-state index in [9.17, 15) is 4.79 Å². The van der Waals surface area contributed by atoms with Gasteiger partial charge in [0, 0.05) is 18.2 Å². The van der Waals surface area contributed by atoms with Crippen molar-refractivity contribution in [3.05, 3.63) is 28.8 Å². The standard InChI is InChI=1S/C17H24ClNO/c1-13(2)10-11-19(15-7-3-4-8-15)17-14(12-20)6-5-9-16(17)18/h5-6,9,12-13,15H,3-4,7-8,10-11H2,1-2H3. The molecule has 1 aliphatic rings. The summed E-state index contributed by atoms with van der Waals surface area (Å²) in [4.78, 5) is 13.7. The Morgan fingerprint density at radius 3 is 2.65 bits per heavy atom. The minimum Gasteiger partial charge on any atom is -0.367 e. The minimum atomic E-state index is 0.535. The van der Waals surface area contributed by atoms with Crippen LogP contribution < -0.4 is 4.90 Å². The number of nitrogens with zero attached hydrogens (tertiary/aromatic N) is 1. The highest BCUT2D eigenvalue weighted by Crippen LogP contribution is 2.35. The van der Waals surface area contributed by atoms with Crippen LogP contribution in [0.3, 0.4) is 0 Å². The summed E-state index contributed by atoms with van der Waals surface area (Å²) in [6.07, 6.45) is 7.04. The molecule has 1 saturated carbocycles. The lowest BCUT2D eigenvalue weighted by Gasteiger charge is -2.33. The summed E-state index contributed by atoms with van der Waals surface area (Å²) in [5, 5.41) is 0.699. The Morgan fingerprint density at radius 1 is 1.35 bits per heavy atom. The third-order valence-electron chi connectivity index (χ3n) is 4.14. The average molecular weight is 294 g/mol. The molecular formula is C17H24ClNO. The van der Waals surface area contributed by atoms with Crippen molar-refractivity contribution < 1.29 is 4.79 Å². The molecule has 1 aliphatic carbocycles. The van der Waals surface area contributed by atoms with Gasteiger partial charge in [-0.1, -0.05) is 44.4 Å². The summed E-state index contributed by atoms with van der Waals surface area (Å²) in [5.74, 6) is 0.654. The van der Waals surface area contributed by atoms with Gasteiger partial charge in [-0.2, -0.15) is 0 Å². The fourth-order valence-electron chi connectivity index (χ4n) is 3.02. The summed E-state index contributed by atoms with van der Waals surface area (Å²) in [6, 6.07) is 6.14. The van der Waals surface area contributed by atoms with E-state index in [1.54, 1.807) is 0 Å². The normalized spacial score (nSPS) is 15.8. The smallest absolute Gasteiger partial charge is 0.152 e. The van der Waals surface area contributed by atoms with Gasteiger partial charge < -0.3 is 4.90 Å². The fraction of sp³-hybridized carbons (Fsp3) is 0.588. The number of anilines is 1. The second-order valence-corrected chi connectivity index (χ2v) is 6.52. The maximum atomic E-state index is 11.4. The first-order valence-corrected chi connectivity index (χ1v) is 8.01. The van der Waals surface area contributed by atoms with Crippen LogP contribution in [0.15, 0.2) is 18.2 Å². The Hall–Kier alpha value is -1.02. The van der Waals surface area contributed by atoms with E-state index in [4.69, 9.17) is 11.6 Å². The van der Waals surface area contributed by atoms with Crippen LogP contribution in [0.1, 0.15) is 56.3 Å². The van der Waals surface area contributed by atoms with E-state index in [0.29, 0.717) is 22.5 Å². The maximum absolute atomic E-state index is 11.4. The van der Waals surface area contributed by atoms with E-state index in [0.717, 1.165) is 24.9 Å². The number of rotatable bonds is 6. The molecule has 0 aliphatic heterocycles. The van der Waals surface area contributed by atoms with Crippen molar-refractivity contribution in [2.75, 3.05) is 11.4 Å². The van der Waals surface area contributed by atoms with Crippen molar-refractivity contribution >= 4 is 23.6 Å². The van der Waals surface area contributed by atoms with Gasteiger partial charge in [0.25, 0.3) is 0 Å². The SMILES string of the molecule is CC(C)CCN(c1c(Cl)cccc1C=O)C1CCCC1. The number of benzene rings is 1. The second kappa shape index (κ2) is 7.12. The molecule has 0 spiro atoms. The van der Waals surface area contributed by atoms with E-state index in [2.05, 4.69) is 18.7 Å². The summed E-state index contributed by atoms with van der Waals surface area (Å²) in [5.41, 5.74) is 1.66. The Labute approximate surface area is 127 Å². The molecule has 0 N–H and O–H groups in total. The van der Waals surface area contributed by atoms with Gasteiger partial charge in [0.2, 0.25) is 0 Å². The lowest BCUT2D eigenvalue weighted by molar-refractivity contribution is 0.112. The van der Waals surface area contributed by atoms with Crippen LogP contribution in [0.5, 0.6) is 0 Å². The van der Waals surface area contributed by atoms with Crippen LogP contribution in [0, 0.1) is 5.92 Å². The fourth-order valence-corrected chi connectivity index (χ4v) is 3.31. The summed E-state index contributed by atoms with van der Waals surface area (Å²) in [6.45, 7) is 5.45. The average Bonchev–Trinajstić information content (AvgIpc) is 2.94. The van der Waals surface area contributed by atoms with Gasteiger partial charge in [-0.05, 0) is 37.3 Å². The van der Waals surface area contributed by atoms with E-state index < -0.39 is 0 Å². The van der Waals surface area contributed by atoms with Crippen molar-refractivity contribution in [1.82, 2.24) is 0 Å². The van der Waals surface area contributed by atoms with Crippen LogP contribution in [-0.4, -0.2) is 18.9 Å². The first-order valence-electron chi connectivity index (χ1n) is 7.63. The number of halogens is 1. The molecule has 0 heterocycles. The molecule has 1 aromatic carbocycles. The zero-order valence-corrected chi connectivity index (χ0v) is 13.2. The van der Waals surface area contributed by atoms with Gasteiger partial charge in [-0.15, -0.1) is 0 Å². The van der Waals surface area contributed by atoms with E-state index in [1.165, 1.54) is 25.7 Å². The predicted octanol–water partition coefficient (Wildman–Crippen LogP) is 4.95. The van der Waals surface area contributed by atoms with Crippen molar-refractivity contribution in [3.63, 3.8) is 0 Å². The number of hydrogen-bond donors (Lipinski definition) is 0. The quantitative estimate of drug-likeness (QED) is 0.692. The van der Waals surface area contributed by atoms with Crippen LogP contribution >= 0.6 is 11.6 Å². The Balaban J connectivity index is 2.31. The van der Waals surface area contributed by atoms with Gasteiger partial charge in [0.1, 0.15) is 0 Å². The second-order valence-electron chi connectivity index (χ2n) is 6.11. The molecule has 1 aromatic rings. The lowest BCUT2D eigenvalue weighted by atomic mass is 10.1. The highest BCUT2D eigenvalue weighted by Gasteiger charge is 2.26. The summed E-state index contributed by atoms with van der Waals surface area (Å²) in [7, 11) is 0. The molecule has 110 valence electrons. The Morgan fingerprint density at radius 2 is 2.05 bits per heavy atom. The number of hydrogen-bond acceptors (Lipinski definition) is 2. The highest BCUT2D eigenvalue weighted by atomic mass is 35.5. The Bertz CT molecular complexity index is 452. The zero-order chi connectivity index (χ0) is 14.5. The number of carbonyl (C=O) groups is 1. The van der Waals surface area contributed by atoms with Gasteiger partial charge in [0.15, 0.2) is 6.29 Å². The van der Waals surface area contributed by atoms with E-state index >= 15 is 0 Å². The first kappa shape index (κ1) is 15.4. The van der Waals surface area contributed by atoms with Crippen molar-refractivity contribution in [2.24, 2.45) is 5.92 Å². The van der Waals surface area contributed by atoms with Gasteiger partial charge in [-0.3, -0.25) is 4.79 Å². The molecule has 0 atom stereocenters. The number of aldehydes is 1. The summed E-state index contributed by atoms with van der Waals surface area (Å²) >= 11 is 6.40. The third kappa shape index (κ3) is 3.54. The zero-order valence-electron chi connectivity index (χ0n) is 12.4. The van der Waals surface area contributed by atoms with E-state index in [-0.39, 0.29) is 0 Å². The molecule has 3 heteroatoms. The lowest BCUT2D eigenvalue weighted by Crippen LogP contribution is -2.35. The molecular weight excluding hydrogens is 270 g/mol. The predicted molar refractivity (Wildman–Crippen MR) is 85.9 cm³/mol. The molecule has 0 amide bonds. The molecule has 0 radical (unpaired) electrons. The molecule has 0 bridgehead atoms. The topological polar surface area (TPSA) is 20.3 Å². The molecule has 2 nitrogen and oxygen atoms in total. The number of para-hydroxylation sites is 1. The van der Waals surface area contributed by atoms with Crippen LogP contribution in [0.4, 0.5) is 5.69 Å². The third-order valence-corrected chi connectivity index (χ3v) is 4.45. The molecule has 20 heavy (non-hydrogen) atoms. The molecule has 0 aromatic heterocycles. The molecule has 0 saturated heterocycles. The van der Waals surface area contributed by atoms with Crippen molar-refractivity contribution in [1.29, 1.82) is 0 Å². The highest BCUT2D eigenvalue weighted by molar-refractivity contribution is 6.34. The van der Waals surface area contributed by atoms with Crippen LogP contribution in [-0.2, 0) is 0 Å². The number of carbonyl (C=O) groups excluding carboxylic acids is 1. The molecule has 2 rings (SSSR count). The summed E-state index contributed by atoms with van der Waals surface area (Å²) < 4.78 is 0. The van der Waals surface area contributed by atoms with Gasteiger partial charge >= 0.3 is 0 Å². The molecule has 0 unspecified atom stereocenters. The maximum Gasteiger partial charge on any atom is 0.152 e. The van der Waals surface area contributed by atoms with E-state index in [1.807, 2.05) is 18.2 Å². The monoisotopic (exact) mass is 293 g/mol. The minimum absolute atomic E-state index is 0.535. The Kier molecular flexibility index (Phi) is 5.47.